The second-order valence-electron chi connectivity index (χ2n) is 14.5. The Morgan fingerprint density at radius 3 is 1.75 bits per heavy atom. The van der Waals surface area contributed by atoms with E-state index in [2.05, 4.69) is 171 Å². The minimum absolute atomic E-state index is 0.897. The van der Waals surface area contributed by atoms with Crippen molar-refractivity contribution in [2.45, 2.75) is 0 Å². The first-order valence-corrected chi connectivity index (χ1v) is 18.4. The third kappa shape index (κ3) is 4.71. The molecule has 244 valence electrons. The second kappa shape index (κ2) is 12.0. The molecule has 53 heavy (non-hydrogen) atoms. The van der Waals surface area contributed by atoms with Crippen molar-refractivity contribution < 1.29 is 4.42 Å². The molecule has 0 saturated carbocycles. The molecule has 3 nitrogen and oxygen atoms in total. The number of imidazole rings is 1. The van der Waals surface area contributed by atoms with E-state index in [1.165, 1.54) is 71.2 Å². The van der Waals surface area contributed by atoms with Crippen LogP contribution >= 0.6 is 0 Å². The van der Waals surface area contributed by atoms with Gasteiger partial charge in [-0.3, -0.25) is 4.57 Å². The molecule has 0 atom stereocenters. The van der Waals surface area contributed by atoms with E-state index in [4.69, 9.17) is 9.40 Å². The number of benzene rings is 8. The summed E-state index contributed by atoms with van der Waals surface area (Å²) in [7, 11) is 11.3. The van der Waals surface area contributed by atoms with Crippen LogP contribution in [0.5, 0.6) is 0 Å². The van der Waals surface area contributed by atoms with Gasteiger partial charge in [0, 0.05) is 22.0 Å². The summed E-state index contributed by atoms with van der Waals surface area (Å²) >= 11 is 0. The predicted octanol–water partition coefficient (Wildman–Crippen LogP) is 3.52. The zero-order valence-corrected chi connectivity index (χ0v) is 30.6. The average molecular weight is 672 g/mol. The third-order valence-corrected chi connectivity index (χ3v) is 11.8. The molecule has 0 aliphatic heterocycles. The summed E-state index contributed by atoms with van der Waals surface area (Å²) in [5.41, 5.74) is 17.6. The minimum Gasteiger partial charge on any atom is -0.456 e. The van der Waals surface area contributed by atoms with Gasteiger partial charge in [0.2, 0.25) is 0 Å². The highest BCUT2D eigenvalue weighted by Crippen LogP contribution is 2.46. The van der Waals surface area contributed by atoms with Crippen molar-refractivity contribution in [3.8, 4) is 39.3 Å². The van der Waals surface area contributed by atoms with Gasteiger partial charge in [-0.2, -0.15) is 0 Å². The van der Waals surface area contributed by atoms with Crippen molar-refractivity contribution in [1.82, 2.24) is 9.55 Å². The number of rotatable bonds is 4. The van der Waals surface area contributed by atoms with Gasteiger partial charge in [0.1, 0.15) is 56.2 Å². The lowest BCUT2D eigenvalue weighted by molar-refractivity contribution is 0.669. The molecule has 0 unspecified atom stereocenters. The van der Waals surface area contributed by atoms with Crippen molar-refractivity contribution >= 4 is 121 Å². The van der Waals surface area contributed by atoms with Crippen molar-refractivity contribution in [3.63, 3.8) is 0 Å². The number of aromatic nitrogens is 2. The Hall–Kier alpha value is -6.13. The first-order valence-electron chi connectivity index (χ1n) is 18.4. The summed E-state index contributed by atoms with van der Waals surface area (Å²) in [6, 6.07) is 50.1. The van der Waals surface area contributed by atoms with E-state index in [9.17, 15) is 0 Å². The van der Waals surface area contributed by atoms with Crippen LogP contribution in [0.3, 0.4) is 0 Å². The number of furan rings is 1. The summed E-state index contributed by atoms with van der Waals surface area (Å²) < 4.78 is 8.73. The van der Waals surface area contributed by atoms with Crippen molar-refractivity contribution in [1.29, 1.82) is 0 Å². The molecular weight excluding hydrogens is 639 g/mol. The van der Waals surface area contributed by atoms with Crippen LogP contribution in [-0.2, 0) is 0 Å². The van der Waals surface area contributed by atoms with Gasteiger partial charge in [0.05, 0.1) is 11.0 Å². The molecule has 2 aromatic heterocycles. The molecule has 2 heterocycles. The summed E-state index contributed by atoms with van der Waals surface area (Å²) in [5.74, 6) is 0.955. The fourth-order valence-corrected chi connectivity index (χ4v) is 8.66. The molecule has 0 spiro atoms. The van der Waals surface area contributed by atoms with E-state index >= 15 is 0 Å². The molecule has 10 rings (SSSR count). The molecule has 0 aliphatic rings. The van der Waals surface area contributed by atoms with Crippen LogP contribution in [0.15, 0.2) is 144 Å². The van der Waals surface area contributed by atoms with Gasteiger partial charge in [-0.25, -0.2) is 4.98 Å². The number of hydrogen-bond acceptors (Lipinski definition) is 2. The second-order valence-corrected chi connectivity index (χ2v) is 14.5. The average Bonchev–Trinajstić information content (AvgIpc) is 3.77. The van der Waals surface area contributed by atoms with Crippen molar-refractivity contribution in [3.05, 3.63) is 140 Å². The molecule has 0 saturated heterocycles. The minimum atomic E-state index is 0.897. The van der Waals surface area contributed by atoms with Crippen LogP contribution in [0.25, 0.3) is 93.8 Å². The Labute approximate surface area is 312 Å². The Morgan fingerprint density at radius 1 is 0.415 bits per heavy atom. The molecular formula is C45H33B5N2O. The number of hydrogen-bond donors (Lipinski definition) is 0. The van der Waals surface area contributed by atoms with Crippen LogP contribution < -0.4 is 27.3 Å². The quantitative estimate of drug-likeness (QED) is 0.212. The topological polar surface area (TPSA) is 31.0 Å². The molecule has 0 N–H and O–H groups in total. The molecule has 0 fully saturated rings. The maximum Gasteiger partial charge on any atom is 0.146 e. The van der Waals surface area contributed by atoms with Gasteiger partial charge >= 0.3 is 0 Å². The van der Waals surface area contributed by atoms with Crippen LogP contribution in [0.4, 0.5) is 0 Å². The molecule has 0 bridgehead atoms. The molecule has 8 aromatic carbocycles. The lowest BCUT2D eigenvalue weighted by Crippen LogP contribution is -2.56. The normalized spacial score (nSPS) is 11.8. The SMILES string of the molecule is Bc1c(B)c(B)c(-n2c(-c3c4ccccc4c(-c4ccc5oc6ccccc6c5c4)c4cc(-c5ccccc5)ccc34)nc3ccccc32)c(B)c1B. The smallest absolute Gasteiger partial charge is 0.146 e. The van der Waals surface area contributed by atoms with E-state index < -0.39 is 0 Å². The van der Waals surface area contributed by atoms with Crippen LogP contribution in [-0.4, -0.2) is 48.8 Å². The number of para-hydroxylation sites is 3. The highest BCUT2D eigenvalue weighted by molar-refractivity contribution is 6.68. The highest BCUT2D eigenvalue weighted by Gasteiger charge is 2.25. The van der Waals surface area contributed by atoms with Crippen LogP contribution in [0, 0.1) is 0 Å². The summed E-state index contributed by atoms with van der Waals surface area (Å²) in [6.45, 7) is 0. The van der Waals surface area contributed by atoms with E-state index in [1.807, 2.05) is 12.1 Å². The Bertz CT molecular complexity index is 3100. The lowest BCUT2D eigenvalue weighted by Gasteiger charge is -2.24. The van der Waals surface area contributed by atoms with E-state index in [1.54, 1.807) is 0 Å². The van der Waals surface area contributed by atoms with Gasteiger partial charge < -0.3 is 4.42 Å². The maximum absolute atomic E-state index is 6.29. The van der Waals surface area contributed by atoms with Crippen LogP contribution in [0.2, 0.25) is 0 Å². The van der Waals surface area contributed by atoms with Gasteiger partial charge in [-0.05, 0) is 80.2 Å². The summed E-state index contributed by atoms with van der Waals surface area (Å²) in [6.07, 6.45) is 0. The predicted molar refractivity (Wildman–Crippen MR) is 241 cm³/mol. The summed E-state index contributed by atoms with van der Waals surface area (Å²) in [5, 5.41) is 6.97. The zero-order valence-electron chi connectivity index (χ0n) is 30.6. The standard InChI is InChI=1S/C45H33B5N2O/c46-39-40(47)42(49)44(43(50)41(39)48)52-34-16-8-7-15-33(34)51-45(52)38-29-14-5-4-13-28(29)37(32-22-25(18-20-30(32)38)24-10-2-1-3-11-24)26-19-21-36-31(23-26)27-12-6-9-17-35(27)53-36/h1-23H,46-50H2. The van der Waals surface area contributed by atoms with Crippen molar-refractivity contribution in [2.75, 3.05) is 0 Å². The number of nitrogens with zero attached hydrogens (tertiary/aromatic N) is 2. The van der Waals surface area contributed by atoms with E-state index in [0.29, 0.717) is 0 Å². The first kappa shape index (κ1) is 31.6. The summed E-state index contributed by atoms with van der Waals surface area (Å²) in [4.78, 5) is 5.53. The molecule has 0 radical (unpaired) electrons. The number of fused-ring (bicyclic) bond motifs is 6. The largest absolute Gasteiger partial charge is 0.456 e. The van der Waals surface area contributed by atoms with Gasteiger partial charge in [0.15, 0.2) is 0 Å². The fourth-order valence-electron chi connectivity index (χ4n) is 8.66. The maximum atomic E-state index is 6.29. The van der Waals surface area contributed by atoms with E-state index in [0.717, 1.165) is 49.9 Å². The molecule has 0 aliphatic carbocycles. The molecule has 10 aromatic rings. The van der Waals surface area contributed by atoms with E-state index in [-0.39, 0.29) is 0 Å². The Kier molecular flexibility index (Phi) is 7.13. The van der Waals surface area contributed by atoms with Gasteiger partial charge in [-0.15, -0.1) is 5.46 Å². The Balaban J connectivity index is 1.37. The Morgan fingerprint density at radius 2 is 0.981 bits per heavy atom. The van der Waals surface area contributed by atoms with Crippen LogP contribution in [0.1, 0.15) is 0 Å². The van der Waals surface area contributed by atoms with Crippen molar-refractivity contribution in [2.24, 2.45) is 0 Å². The van der Waals surface area contributed by atoms with Gasteiger partial charge in [0.25, 0.3) is 0 Å². The monoisotopic (exact) mass is 672 g/mol. The fraction of sp³-hybridized carbons (Fsp3) is 0. The zero-order chi connectivity index (χ0) is 36.0. The first-order chi connectivity index (χ1) is 25.9. The highest BCUT2D eigenvalue weighted by atomic mass is 16.3. The van der Waals surface area contributed by atoms with Gasteiger partial charge in [-0.1, -0.05) is 125 Å². The molecule has 0 amide bonds. The lowest BCUT2D eigenvalue weighted by atomic mass is 9.61. The molecule has 8 heteroatoms. The third-order valence-electron chi connectivity index (χ3n) is 11.8.